The molecule has 104 valence electrons. The predicted octanol–water partition coefficient (Wildman–Crippen LogP) is 2.02. The molecule has 19 heavy (non-hydrogen) atoms. The quantitative estimate of drug-likeness (QED) is 0.819. The molecule has 0 saturated heterocycles. The number of nitrogens with zero attached hydrogens (tertiary/aromatic N) is 1. The molecule has 5 heteroatoms. The Morgan fingerprint density at radius 3 is 2.74 bits per heavy atom. The second kappa shape index (κ2) is 7.41. The molecular weight excluding hydrogens is 246 g/mol. The molecule has 0 saturated carbocycles. The Labute approximate surface area is 112 Å². The molecule has 0 fully saturated rings. The van der Waals surface area contributed by atoms with Gasteiger partial charge in [-0.25, -0.2) is 0 Å². The molecule has 0 unspecified atom stereocenters. The van der Waals surface area contributed by atoms with E-state index < -0.39 is 5.97 Å². The normalized spacial score (nSPS) is 10.0. The van der Waals surface area contributed by atoms with E-state index in [0.29, 0.717) is 17.9 Å². The van der Waals surface area contributed by atoms with E-state index in [1.807, 2.05) is 6.92 Å². The first-order valence-corrected chi connectivity index (χ1v) is 6.24. The number of hydrogen-bond acceptors (Lipinski definition) is 3. The molecule has 0 aliphatic rings. The zero-order valence-electron chi connectivity index (χ0n) is 11.3. The van der Waals surface area contributed by atoms with Crippen LogP contribution in [0.2, 0.25) is 0 Å². The van der Waals surface area contributed by atoms with Gasteiger partial charge in [0.1, 0.15) is 5.75 Å². The smallest absolute Gasteiger partial charge is 0.305 e. The van der Waals surface area contributed by atoms with Gasteiger partial charge in [0.25, 0.3) is 5.91 Å². The van der Waals surface area contributed by atoms with Crippen LogP contribution in [0.1, 0.15) is 30.1 Å². The number of rotatable bonds is 7. The maximum Gasteiger partial charge on any atom is 0.305 e. The Balaban J connectivity index is 2.67. The molecule has 0 aliphatic heterocycles. The SMILES string of the molecule is CCCOc1cccc(C(=O)N(C)CCC(=O)O)c1. The molecule has 1 aromatic carbocycles. The van der Waals surface area contributed by atoms with Crippen molar-refractivity contribution < 1.29 is 19.4 Å². The molecule has 0 heterocycles. The lowest BCUT2D eigenvalue weighted by Gasteiger charge is -2.16. The van der Waals surface area contributed by atoms with Crippen LogP contribution in [0.5, 0.6) is 5.75 Å². The van der Waals surface area contributed by atoms with Crippen LogP contribution < -0.4 is 4.74 Å². The lowest BCUT2D eigenvalue weighted by molar-refractivity contribution is -0.137. The molecule has 0 atom stereocenters. The van der Waals surface area contributed by atoms with Crippen molar-refractivity contribution in [1.29, 1.82) is 0 Å². The van der Waals surface area contributed by atoms with Crippen molar-refractivity contribution in [2.24, 2.45) is 0 Å². The third kappa shape index (κ3) is 4.99. The monoisotopic (exact) mass is 265 g/mol. The highest BCUT2D eigenvalue weighted by Gasteiger charge is 2.13. The highest BCUT2D eigenvalue weighted by molar-refractivity contribution is 5.94. The maximum absolute atomic E-state index is 12.1. The van der Waals surface area contributed by atoms with Crippen molar-refractivity contribution in [1.82, 2.24) is 4.90 Å². The molecule has 0 aromatic heterocycles. The van der Waals surface area contributed by atoms with Crippen LogP contribution in [0.3, 0.4) is 0 Å². The van der Waals surface area contributed by atoms with Gasteiger partial charge in [0.2, 0.25) is 0 Å². The lowest BCUT2D eigenvalue weighted by atomic mass is 10.2. The molecule has 0 bridgehead atoms. The molecule has 1 amide bonds. The zero-order chi connectivity index (χ0) is 14.3. The van der Waals surface area contributed by atoms with E-state index in [1.54, 1.807) is 31.3 Å². The Morgan fingerprint density at radius 1 is 1.37 bits per heavy atom. The van der Waals surface area contributed by atoms with Gasteiger partial charge < -0.3 is 14.7 Å². The fraction of sp³-hybridized carbons (Fsp3) is 0.429. The number of aliphatic carboxylic acids is 1. The van der Waals surface area contributed by atoms with Gasteiger partial charge in [-0.2, -0.15) is 0 Å². The Hall–Kier alpha value is -2.04. The van der Waals surface area contributed by atoms with Gasteiger partial charge in [-0.05, 0) is 24.6 Å². The Kier molecular flexibility index (Phi) is 5.85. The number of ether oxygens (including phenoxy) is 1. The number of hydrogen-bond donors (Lipinski definition) is 1. The Bertz CT molecular complexity index is 445. The third-order valence-corrected chi connectivity index (χ3v) is 2.56. The molecule has 1 rings (SSSR count). The van der Waals surface area contributed by atoms with Crippen molar-refractivity contribution in [2.45, 2.75) is 19.8 Å². The van der Waals surface area contributed by atoms with Crippen LogP contribution in [-0.2, 0) is 4.79 Å². The van der Waals surface area contributed by atoms with Gasteiger partial charge in [0.15, 0.2) is 0 Å². The minimum atomic E-state index is -0.917. The summed E-state index contributed by atoms with van der Waals surface area (Å²) in [4.78, 5) is 23.9. The van der Waals surface area contributed by atoms with E-state index in [0.717, 1.165) is 6.42 Å². The fourth-order valence-corrected chi connectivity index (χ4v) is 1.52. The van der Waals surface area contributed by atoms with Crippen molar-refractivity contribution in [2.75, 3.05) is 20.2 Å². The first kappa shape index (κ1) is 15.0. The van der Waals surface area contributed by atoms with Crippen LogP contribution >= 0.6 is 0 Å². The number of carbonyl (C=O) groups excluding carboxylic acids is 1. The van der Waals surface area contributed by atoms with Gasteiger partial charge in [0.05, 0.1) is 13.0 Å². The molecule has 1 aromatic rings. The molecule has 0 aliphatic carbocycles. The van der Waals surface area contributed by atoms with E-state index in [1.165, 1.54) is 4.90 Å². The number of carboxylic acids is 1. The van der Waals surface area contributed by atoms with Crippen LogP contribution in [0.4, 0.5) is 0 Å². The fourth-order valence-electron chi connectivity index (χ4n) is 1.52. The highest BCUT2D eigenvalue weighted by atomic mass is 16.5. The Morgan fingerprint density at radius 2 is 2.11 bits per heavy atom. The van der Waals surface area contributed by atoms with E-state index >= 15 is 0 Å². The number of benzene rings is 1. The average Bonchev–Trinajstić information content (AvgIpc) is 2.41. The van der Waals surface area contributed by atoms with Gasteiger partial charge in [-0.15, -0.1) is 0 Å². The summed E-state index contributed by atoms with van der Waals surface area (Å²) in [5, 5.41) is 8.60. The van der Waals surface area contributed by atoms with Gasteiger partial charge in [0, 0.05) is 19.2 Å². The number of amides is 1. The van der Waals surface area contributed by atoms with Crippen LogP contribution in [0, 0.1) is 0 Å². The number of carboxylic acid groups (broad SMARTS) is 1. The average molecular weight is 265 g/mol. The highest BCUT2D eigenvalue weighted by Crippen LogP contribution is 2.15. The number of carbonyl (C=O) groups is 2. The van der Waals surface area contributed by atoms with E-state index in [-0.39, 0.29) is 18.9 Å². The van der Waals surface area contributed by atoms with E-state index in [2.05, 4.69) is 0 Å². The molecular formula is C14H19NO4. The van der Waals surface area contributed by atoms with Crippen molar-refractivity contribution in [3.8, 4) is 5.75 Å². The first-order valence-electron chi connectivity index (χ1n) is 6.24. The summed E-state index contributed by atoms with van der Waals surface area (Å²) in [6, 6.07) is 6.92. The molecule has 5 nitrogen and oxygen atoms in total. The summed E-state index contributed by atoms with van der Waals surface area (Å²) >= 11 is 0. The molecule has 0 spiro atoms. The summed E-state index contributed by atoms with van der Waals surface area (Å²) in [5.41, 5.74) is 0.501. The standard InChI is InChI=1S/C14H19NO4/c1-3-9-19-12-6-4-5-11(10-12)14(18)15(2)8-7-13(16)17/h4-6,10H,3,7-9H2,1-2H3,(H,16,17). The largest absolute Gasteiger partial charge is 0.494 e. The van der Waals surface area contributed by atoms with Crippen LogP contribution in [-0.4, -0.2) is 42.1 Å². The summed E-state index contributed by atoms with van der Waals surface area (Å²) in [6.45, 7) is 2.80. The first-order chi connectivity index (χ1) is 9.04. The molecule has 0 radical (unpaired) electrons. The zero-order valence-corrected chi connectivity index (χ0v) is 11.3. The summed E-state index contributed by atoms with van der Waals surface area (Å²) in [7, 11) is 1.59. The summed E-state index contributed by atoms with van der Waals surface area (Å²) in [6.07, 6.45) is 0.838. The second-order valence-corrected chi connectivity index (χ2v) is 4.25. The van der Waals surface area contributed by atoms with Crippen LogP contribution in [0.25, 0.3) is 0 Å². The minimum absolute atomic E-state index is 0.0612. The van der Waals surface area contributed by atoms with Crippen molar-refractivity contribution >= 4 is 11.9 Å². The van der Waals surface area contributed by atoms with E-state index in [9.17, 15) is 9.59 Å². The van der Waals surface area contributed by atoms with E-state index in [4.69, 9.17) is 9.84 Å². The summed E-state index contributed by atoms with van der Waals surface area (Å²) in [5.74, 6) is -0.470. The predicted molar refractivity (Wildman–Crippen MR) is 71.4 cm³/mol. The second-order valence-electron chi connectivity index (χ2n) is 4.25. The molecule has 1 N–H and O–H groups in total. The van der Waals surface area contributed by atoms with Gasteiger partial charge >= 0.3 is 5.97 Å². The van der Waals surface area contributed by atoms with Crippen LogP contribution in [0.15, 0.2) is 24.3 Å². The van der Waals surface area contributed by atoms with Crippen molar-refractivity contribution in [3.63, 3.8) is 0 Å². The third-order valence-electron chi connectivity index (χ3n) is 2.56. The topological polar surface area (TPSA) is 66.8 Å². The van der Waals surface area contributed by atoms with Gasteiger partial charge in [-0.3, -0.25) is 9.59 Å². The lowest BCUT2D eigenvalue weighted by Crippen LogP contribution is -2.29. The summed E-state index contributed by atoms with van der Waals surface area (Å²) < 4.78 is 5.46. The van der Waals surface area contributed by atoms with Crippen molar-refractivity contribution in [3.05, 3.63) is 29.8 Å². The minimum Gasteiger partial charge on any atom is -0.494 e. The van der Waals surface area contributed by atoms with Gasteiger partial charge in [-0.1, -0.05) is 13.0 Å². The maximum atomic E-state index is 12.1.